The van der Waals surface area contributed by atoms with Crippen LogP contribution in [-0.4, -0.2) is 55.0 Å². The van der Waals surface area contributed by atoms with Gasteiger partial charge < -0.3 is 15.1 Å². The van der Waals surface area contributed by atoms with Gasteiger partial charge in [-0.3, -0.25) is 4.79 Å². The van der Waals surface area contributed by atoms with Crippen molar-refractivity contribution in [3.05, 3.63) is 0 Å². The van der Waals surface area contributed by atoms with Crippen molar-refractivity contribution in [2.75, 3.05) is 27.2 Å². The highest BCUT2D eigenvalue weighted by Crippen LogP contribution is 2.47. The number of nitrogens with one attached hydrogen (secondary N) is 1. The molecule has 3 fully saturated rings. The summed E-state index contributed by atoms with van der Waals surface area (Å²) in [5.74, 6) is 0.304. The third-order valence-corrected chi connectivity index (χ3v) is 6.83. The number of likely N-dealkylation sites (tertiary alicyclic amines) is 1. The molecule has 1 spiro atoms. The van der Waals surface area contributed by atoms with E-state index in [0.717, 1.165) is 25.7 Å². The molecule has 25 heavy (non-hydrogen) atoms. The maximum Gasteiger partial charge on any atom is 0.319 e. The summed E-state index contributed by atoms with van der Waals surface area (Å²) in [7, 11) is 3.56. The first kappa shape index (κ1) is 18.5. The molecule has 1 heterocycles. The number of rotatable bonds is 2. The van der Waals surface area contributed by atoms with Gasteiger partial charge in [-0.15, -0.1) is 0 Å². The van der Waals surface area contributed by atoms with Crippen LogP contribution in [0.4, 0.5) is 4.79 Å². The third kappa shape index (κ3) is 4.48. The smallest absolute Gasteiger partial charge is 0.319 e. The highest BCUT2D eigenvalue weighted by atomic mass is 16.2. The summed E-state index contributed by atoms with van der Waals surface area (Å²) in [4.78, 5) is 28.1. The molecule has 1 saturated heterocycles. The van der Waals surface area contributed by atoms with E-state index in [1.165, 1.54) is 44.9 Å². The molecule has 3 rings (SSSR count). The van der Waals surface area contributed by atoms with E-state index in [-0.39, 0.29) is 17.9 Å². The quantitative estimate of drug-likeness (QED) is 0.831. The van der Waals surface area contributed by atoms with Gasteiger partial charge in [-0.05, 0) is 56.8 Å². The normalized spacial score (nSPS) is 25.0. The number of hydrogen-bond donors (Lipinski definition) is 1. The molecule has 5 heteroatoms. The van der Waals surface area contributed by atoms with Crippen LogP contribution in [0.3, 0.4) is 0 Å². The van der Waals surface area contributed by atoms with E-state index < -0.39 is 0 Å². The van der Waals surface area contributed by atoms with Gasteiger partial charge in [-0.1, -0.05) is 19.3 Å². The molecule has 142 valence electrons. The van der Waals surface area contributed by atoms with Crippen LogP contribution in [-0.2, 0) is 4.79 Å². The van der Waals surface area contributed by atoms with E-state index in [4.69, 9.17) is 0 Å². The van der Waals surface area contributed by atoms with Crippen LogP contribution in [0, 0.1) is 11.3 Å². The summed E-state index contributed by atoms with van der Waals surface area (Å²) in [6.45, 7) is 1.39. The minimum atomic E-state index is 0.0592. The summed E-state index contributed by atoms with van der Waals surface area (Å²) in [6, 6.07) is 0.436. The Kier molecular flexibility index (Phi) is 5.90. The average Bonchev–Trinajstić information content (AvgIpc) is 2.64. The van der Waals surface area contributed by atoms with E-state index >= 15 is 0 Å². The monoisotopic (exact) mass is 349 g/mol. The van der Waals surface area contributed by atoms with Crippen LogP contribution in [0.2, 0.25) is 0 Å². The summed E-state index contributed by atoms with van der Waals surface area (Å²) >= 11 is 0. The Bertz CT molecular complexity index is 467. The maximum atomic E-state index is 12.6. The molecule has 3 amide bonds. The van der Waals surface area contributed by atoms with Crippen LogP contribution in [0.25, 0.3) is 0 Å². The first-order valence-corrected chi connectivity index (χ1v) is 10.3. The topological polar surface area (TPSA) is 52.7 Å². The molecule has 0 aromatic carbocycles. The molecule has 0 bridgehead atoms. The number of urea groups is 1. The zero-order valence-electron chi connectivity index (χ0n) is 16.1. The molecule has 5 nitrogen and oxygen atoms in total. The van der Waals surface area contributed by atoms with E-state index in [0.29, 0.717) is 24.5 Å². The number of carbonyl (C=O) groups is 2. The Morgan fingerprint density at radius 1 is 0.920 bits per heavy atom. The predicted molar refractivity (Wildman–Crippen MR) is 99.3 cm³/mol. The predicted octanol–water partition coefficient (Wildman–Crippen LogP) is 3.39. The Balaban J connectivity index is 1.41. The molecule has 1 N–H and O–H groups in total. The van der Waals surface area contributed by atoms with Gasteiger partial charge in [-0.2, -0.15) is 0 Å². The van der Waals surface area contributed by atoms with Crippen molar-refractivity contribution in [3.63, 3.8) is 0 Å². The molecule has 3 aliphatic rings. The lowest BCUT2D eigenvalue weighted by Gasteiger charge is -2.43. The van der Waals surface area contributed by atoms with Crippen molar-refractivity contribution >= 4 is 11.9 Å². The first-order valence-electron chi connectivity index (χ1n) is 10.3. The van der Waals surface area contributed by atoms with E-state index in [1.54, 1.807) is 19.0 Å². The minimum absolute atomic E-state index is 0.0592. The van der Waals surface area contributed by atoms with E-state index in [1.807, 2.05) is 4.90 Å². The van der Waals surface area contributed by atoms with Gasteiger partial charge in [0.05, 0.1) is 0 Å². The summed E-state index contributed by atoms with van der Waals surface area (Å²) in [5, 5.41) is 3.32. The molecule has 0 aromatic rings. The zero-order valence-corrected chi connectivity index (χ0v) is 16.1. The van der Waals surface area contributed by atoms with Gasteiger partial charge >= 0.3 is 6.03 Å². The van der Waals surface area contributed by atoms with Crippen molar-refractivity contribution in [3.8, 4) is 0 Å². The van der Waals surface area contributed by atoms with Gasteiger partial charge in [0.2, 0.25) is 5.91 Å². The molecule has 0 atom stereocenters. The third-order valence-electron chi connectivity index (χ3n) is 6.83. The van der Waals surface area contributed by atoms with Gasteiger partial charge in [-0.25, -0.2) is 4.79 Å². The van der Waals surface area contributed by atoms with Crippen molar-refractivity contribution in [2.45, 2.75) is 76.7 Å². The SMILES string of the molecule is CN(C)C(=O)N1CCC(C(=O)NC2CCC3(CCCCC3)CC2)CC1. The highest BCUT2D eigenvalue weighted by molar-refractivity contribution is 5.80. The fraction of sp³-hybridized carbons (Fsp3) is 0.900. The number of nitrogens with zero attached hydrogens (tertiary/aromatic N) is 2. The lowest BCUT2D eigenvalue weighted by Crippen LogP contribution is -2.48. The second kappa shape index (κ2) is 7.96. The lowest BCUT2D eigenvalue weighted by molar-refractivity contribution is -0.127. The Hall–Kier alpha value is -1.26. The fourth-order valence-electron chi connectivity index (χ4n) is 5.11. The second-order valence-electron chi connectivity index (χ2n) is 8.78. The maximum absolute atomic E-state index is 12.6. The standard InChI is InChI=1S/C20H35N3O2/c1-22(2)19(25)23-14-8-16(9-15-23)18(24)21-17-6-12-20(13-7-17)10-4-3-5-11-20/h16-17H,3-15H2,1-2H3,(H,21,24). The number of piperidine rings is 1. The molecule has 2 saturated carbocycles. The van der Waals surface area contributed by atoms with Gasteiger partial charge in [0, 0.05) is 39.1 Å². The molecular weight excluding hydrogens is 314 g/mol. The summed E-state index contributed by atoms with van der Waals surface area (Å²) in [5.41, 5.74) is 0.608. The van der Waals surface area contributed by atoms with Crippen LogP contribution in [0.5, 0.6) is 0 Å². The van der Waals surface area contributed by atoms with Gasteiger partial charge in [0.25, 0.3) is 0 Å². The molecule has 2 aliphatic carbocycles. The van der Waals surface area contributed by atoms with Gasteiger partial charge in [0.1, 0.15) is 0 Å². The number of amides is 3. The molecular formula is C20H35N3O2. The minimum Gasteiger partial charge on any atom is -0.353 e. The van der Waals surface area contributed by atoms with Crippen molar-refractivity contribution in [1.82, 2.24) is 15.1 Å². The molecule has 0 unspecified atom stereocenters. The highest BCUT2D eigenvalue weighted by Gasteiger charge is 2.37. The van der Waals surface area contributed by atoms with E-state index in [2.05, 4.69) is 5.32 Å². The van der Waals surface area contributed by atoms with Crippen molar-refractivity contribution in [1.29, 1.82) is 0 Å². The number of carbonyl (C=O) groups excluding carboxylic acids is 2. The molecule has 0 radical (unpaired) electrons. The van der Waals surface area contributed by atoms with Crippen LogP contribution < -0.4 is 5.32 Å². The Labute approximate surface area is 152 Å². The van der Waals surface area contributed by atoms with E-state index in [9.17, 15) is 9.59 Å². The first-order chi connectivity index (χ1) is 12.0. The summed E-state index contributed by atoms with van der Waals surface area (Å²) in [6.07, 6.45) is 13.5. The molecule has 1 aliphatic heterocycles. The largest absolute Gasteiger partial charge is 0.353 e. The number of hydrogen-bond acceptors (Lipinski definition) is 2. The molecule has 0 aromatic heterocycles. The zero-order chi connectivity index (χ0) is 17.9. The van der Waals surface area contributed by atoms with Crippen molar-refractivity contribution < 1.29 is 9.59 Å². The average molecular weight is 350 g/mol. The Morgan fingerprint density at radius 2 is 1.52 bits per heavy atom. The van der Waals surface area contributed by atoms with Crippen LogP contribution >= 0.6 is 0 Å². The summed E-state index contributed by atoms with van der Waals surface area (Å²) < 4.78 is 0. The van der Waals surface area contributed by atoms with Crippen LogP contribution in [0.15, 0.2) is 0 Å². The Morgan fingerprint density at radius 3 is 2.08 bits per heavy atom. The van der Waals surface area contributed by atoms with Crippen LogP contribution in [0.1, 0.15) is 70.6 Å². The lowest BCUT2D eigenvalue weighted by atomic mass is 9.64. The fourth-order valence-corrected chi connectivity index (χ4v) is 5.11. The van der Waals surface area contributed by atoms with Crippen molar-refractivity contribution in [2.24, 2.45) is 11.3 Å². The van der Waals surface area contributed by atoms with Gasteiger partial charge in [0.15, 0.2) is 0 Å². The second-order valence-corrected chi connectivity index (χ2v) is 8.78.